The highest BCUT2D eigenvalue weighted by Crippen LogP contribution is 2.33. The van der Waals surface area contributed by atoms with E-state index in [0.717, 1.165) is 10.9 Å². The molecule has 1 aliphatic heterocycles. The van der Waals surface area contributed by atoms with Crippen LogP contribution in [-0.4, -0.2) is 41.9 Å². The van der Waals surface area contributed by atoms with Crippen molar-refractivity contribution < 1.29 is 14.3 Å². The number of para-hydroxylation sites is 1. The number of nitrogens with zero attached hydrogens (tertiary/aromatic N) is 2. The van der Waals surface area contributed by atoms with Crippen molar-refractivity contribution in [2.24, 2.45) is 5.41 Å². The van der Waals surface area contributed by atoms with Crippen LogP contribution in [0.4, 0.5) is 5.69 Å². The molecule has 24 heavy (non-hydrogen) atoms. The number of likely N-dealkylation sites (tertiary alicyclic amines) is 1. The number of nitrogens with one attached hydrogen (secondary N) is 1. The van der Waals surface area contributed by atoms with Crippen molar-refractivity contribution >= 4 is 28.4 Å². The summed E-state index contributed by atoms with van der Waals surface area (Å²) in [7, 11) is 1.55. The summed E-state index contributed by atoms with van der Waals surface area (Å²) in [4.78, 5) is 30.5. The minimum atomic E-state index is -0.594. The molecule has 126 valence electrons. The number of fused-ring (bicyclic) bond motifs is 1. The molecule has 6 heteroatoms. The first-order chi connectivity index (χ1) is 11.4. The zero-order chi connectivity index (χ0) is 17.3. The SMILES string of the molecule is COc1cc(NC(=O)C2(C)CCN(C(C)=O)C2)c2ccccc2n1. The van der Waals surface area contributed by atoms with Crippen molar-refractivity contribution in [3.05, 3.63) is 30.3 Å². The van der Waals surface area contributed by atoms with Crippen LogP contribution < -0.4 is 10.1 Å². The second-order valence-corrected chi connectivity index (χ2v) is 6.43. The quantitative estimate of drug-likeness (QED) is 0.940. The molecule has 0 saturated carbocycles. The predicted octanol–water partition coefficient (Wildman–Crippen LogP) is 2.44. The number of rotatable bonds is 3. The van der Waals surface area contributed by atoms with Crippen LogP contribution in [0.25, 0.3) is 10.9 Å². The van der Waals surface area contributed by atoms with E-state index in [2.05, 4.69) is 10.3 Å². The molecule has 0 aliphatic carbocycles. The number of hydrogen-bond donors (Lipinski definition) is 1. The lowest BCUT2D eigenvalue weighted by Crippen LogP contribution is -2.37. The predicted molar refractivity (Wildman–Crippen MR) is 91.9 cm³/mol. The lowest BCUT2D eigenvalue weighted by Gasteiger charge is -2.23. The Bertz CT molecular complexity index is 805. The molecule has 3 rings (SSSR count). The first-order valence-corrected chi connectivity index (χ1v) is 7.94. The summed E-state index contributed by atoms with van der Waals surface area (Å²) in [5, 5.41) is 3.86. The maximum Gasteiger partial charge on any atom is 0.232 e. The molecular weight excluding hydrogens is 306 g/mol. The minimum absolute atomic E-state index is 0.00237. The third kappa shape index (κ3) is 2.91. The summed E-state index contributed by atoms with van der Waals surface area (Å²) in [5.41, 5.74) is 0.836. The Morgan fingerprint density at radius 3 is 2.75 bits per heavy atom. The molecule has 2 amide bonds. The normalized spacial score (nSPS) is 20.2. The molecule has 2 aromatic rings. The fourth-order valence-electron chi connectivity index (χ4n) is 3.05. The average Bonchev–Trinajstić information content (AvgIpc) is 2.98. The largest absolute Gasteiger partial charge is 0.481 e. The van der Waals surface area contributed by atoms with Gasteiger partial charge in [-0.3, -0.25) is 9.59 Å². The van der Waals surface area contributed by atoms with Gasteiger partial charge in [0.25, 0.3) is 0 Å². The number of benzene rings is 1. The molecule has 1 aromatic carbocycles. The number of anilines is 1. The van der Waals surface area contributed by atoms with Gasteiger partial charge in [0.15, 0.2) is 0 Å². The number of aromatic nitrogens is 1. The summed E-state index contributed by atoms with van der Waals surface area (Å²) in [5.74, 6) is 0.359. The molecule has 1 unspecified atom stereocenters. The van der Waals surface area contributed by atoms with E-state index >= 15 is 0 Å². The van der Waals surface area contributed by atoms with Crippen LogP contribution in [0.1, 0.15) is 20.3 Å². The molecule has 1 N–H and O–H groups in total. The highest BCUT2D eigenvalue weighted by Gasteiger charge is 2.41. The summed E-state index contributed by atoms with van der Waals surface area (Å²) in [6, 6.07) is 9.31. The van der Waals surface area contributed by atoms with Crippen molar-refractivity contribution in [2.45, 2.75) is 20.3 Å². The molecule has 1 fully saturated rings. The van der Waals surface area contributed by atoms with Gasteiger partial charge in [-0.05, 0) is 19.4 Å². The Hall–Kier alpha value is -2.63. The second-order valence-electron chi connectivity index (χ2n) is 6.43. The number of hydrogen-bond acceptors (Lipinski definition) is 4. The fraction of sp³-hybridized carbons (Fsp3) is 0.389. The van der Waals surface area contributed by atoms with Crippen LogP contribution in [0, 0.1) is 5.41 Å². The van der Waals surface area contributed by atoms with Gasteiger partial charge in [-0.15, -0.1) is 0 Å². The third-order valence-electron chi connectivity index (χ3n) is 4.62. The van der Waals surface area contributed by atoms with Gasteiger partial charge in [0.05, 0.1) is 23.7 Å². The van der Waals surface area contributed by atoms with E-state index in [1.54, 1.807) is 18.1 Å². The number of methoxy groups -OCH3 is 1. The first kappa shape index (κ1) is 16.2. The smallest absolute Gasteiger partial charge is 0.232 e. The van der Waals surface area contributed by atoms with Crippen LogP contribution in [-0.2, 0) is 9.59 Å². The lowest BCUT2D eigenvalue weighted by atomic mass is 9.88. The van der Waals surface area contributed by atoms with Gasteiger partial charge < -0.3 is 15.0 Å². The topological polar surface area (TPSA) is 71.5 Å². The zero-order valence-electron chi connectivity index (χ0n) is 14.1. The molecule has 1 aromatic heterocycles. The molecule has 1 atom stereocenters. The summed E-state index contributed by atoms with van der Waals surface area (Å²) in [6.07, 6.45) is 0.651. The molecule has 0 spiro atoms. The van der Waals surface area contributed by atoms with Crippen molar-refractivity contribution in [1.82, 2.24) is 9.88 Å². The van der Waals surface area contributed by atoms with E-state index in [0.29, 0.717) is 31.1 Å². The number of pyridine rings is 1. The van der Waals surface area contributed by atoms with Gasteiger partial charge in [-0.25, -0.2) is 4.98 Å². The van der Waals surface area contributed by atoms with Crippen molar-refractivity contribution in [1.29, 1.82) is 0 Å². The number of carbonyl (C=O) groups excluding carboxylic acids is 2. The monoisotopic (exact) mass is 327 g/mol. The number of amides is 2. The minimum Gasteiger partial charge on any atom is -0.481 e. The molecule has 1 aliphatic rings. The fourth-order valence-corrected chi connectivity index (χ4v) is 3.05. The summed E-state index contributed by atoms with van der Waals surface area (Å²) < 4.78 is 5.23. The lowest BCUT2D eigenvalue weighted by molar-refractivity contribution is -0.129. The van der Waals surface area contributed by atoms with Gasteiger partial charge in [0, 0.05) is 31.5 Å². The Labute approximate surface area is 140 Å². The van der Waals surface area contributed by atoms with Crippen LogP contribution in [0.15, 0.2) is 30.3 Å². The Kier molecular flexibility index (Phi) is 4.13. The van der Waals surface area contributed by atoms with Crippen molar-refractivity contribution in [2.75, 3.05) is 25.5 Å². The molecule has 6 nitrogen and oxygen atoms in total. The molecule has 0 radical (unpaired) electrons. The first-order valence-electron chi connectivity index (χ1n) is 7.94. The number of ether oxygens (including phenoxy) is 1. The van der Waals surface area contributed by atoms with Gasteiger partial charge >= 0.3 is 0 Å². The van der Waals surface area contributed by atoms with Gasteiger partial charge in [-0.2, -0.15) is 0 Å². The van der Waals surface area contributed by atoms with E-state index in [-0.39, 0.29) is 11.8 Å². The molecule has 0 bridgehead atoms. The van der Waals surface area contributed by atoms with E-state index in [1.165, 1.54) is 6.92 Å². The van der Waals surface area contributed by atoms with E-state index < -0.39 is 5.41 Å². The molecule has 1 saturated heterocycles. The maximum atomic E-state index is 12.8. The van der Waals surface area contributed by atoms with Crippen LogP contribution in [0.3, 0.4) is 0 Å². The summed E-state index contributed by atoms with van der Waals surface area (Å²) >= 11 is 0. The van der Waals surface area contributed by atoms with Gasteiger partial charge in [0.1, 0.15) is 0 Å². The second kappa shape index (κ2) is 6.11. The average molecular weight is 327 g/mol. The van der Waals surface area contributed by atoms with Crippen LogP contribution in [0.2, 0.25) is 0 Å². The standard InChI is InChI=1S/C18H21N3O3/c1-12(22)21-9-8-18(2,11-21)17(23)20-15-10-16(24-3)19-14-7-5-4-6-13(14)15/h4-7,10H,8-9,11H2,1-3H3,(H,19,20,23). The van der Waals surface area contributed by atoms with E-state index in [4.69, 9.17) is 4.74 Å². The highest BCUT2D eigenvalue weighted by molar-refractivity contribution is 6.03. The van der Waals surface area contributed by atoms with Crippen molar-refractivity contribution in [3.63, 3.8) is 0 Å². The molecule has 2 heterocycles. The van der Waals surface area contributed by atoms with E-state index in [9.17, 15) is 9.59 Å². The Morgan fingerprint density at radius 1 is 1.33 bits per heavy atom. The highest BCUT2D eigenvalue weighted by atomic mass is 16.5. The Morgan fingerprint density at radius 2 is 2.08 bits per heavy atom. The maximum absolute atomic E-state index is 12.8. The number of carbonyl (C=O) groups is 2. The summed E-state index contributed by atoms with van der Waals surface area (Å²) in [6.45, 7) is 4.48. The van der Waals surface area contributed by atoms with Crippen molar-refractivity contribution in [3.8, 4) is 5.88 Å². The van der Waals surface area contributed by atoms with E-state index in [1.807, 2.05) is 31.2 Å². The van der Waals surface area contributed by atoms with Crippen LogP contribution in [0.5, 0.6) is 5.88 Å². The zero-order valence-corrected chi connectivity index (χ0v) is 14.1. The van der Waals surface area contributed by atoms with Gasteiger partial charge in [0.2, 0.25) is 17.7 Å². The van der Waals surface area contributed by atoms with Crippen LogP contribution >= 0.6 is 0 Å². The van der Waals surface area contributed by atoms with Gasteiger partial charge in [-0.1, -0.05) is 18.2 Å². The molecular formula is C18H21N3O3. The third-order valence-corrected chi connectivity index (χ3v) is 4.62. The Balaban J connectivity index is 1.89.